The molecule has 0 spiro atoms. The second-order valence-corrected chi connectivity index (χ2v) is 14.6. The average molecular weight is 632 g/mol. The molecule has 0 aromatic heterocycles. The lowest BCUT2D eigenvalue weighted by molar-refractivity contribution is -0.170. The molecule has 0 aliphatic heterocycles. The summed E-state index contributed by atoms with van der Waals surface area (Å²) < 4.78 is 0. The van der Waals surface area contributed by atoms with Gasteiger partial charge in [-0.3, -0.25) is 4.90 Å². The monoisotopic (exact) mass is 632 g/mol. The van der Waals surface area contributed by atoms with E-state index in [2.05, 4.69) is 126 Å². The fourth-order valence-corrected chi connectivity index (χ4v) is 8.00. The Morgan fingerprint density at radius 1 is 0.545 bits per heavy atom. The van der Waals surface area contributed by atoms with Crippen molar-refractivity contribution < 1.29 is 0 Å². The predicted molar refractivity (Wildman–Crippen MR) is 191 cm³/mol. The van der Waals surface area contributed by atoms with Gasteiger partial charge in [-0.25, -0.2) is 0 Å². The van der Waals surface area contributed by atoms with Gasteiger partial charge in [0.05, 0.1) is 5.54 Å². The lowest BCUT2D eigenvalue weighted by Crippen LogP contribution is -2.87. The lowest BCUT2D eigenvalue weighted by atomic mass is 9.47. The summed E-state index contributed by atoms with van der Waals surface area (Å²) in [5.74, 6) is -0.163. The molecule has 266 valence electrons. The first-order valence-corrected chi connectivity index (χ1v) is 16.3. The molecule has 44 heavy (non-hydrogen) atoms. The summed E-state index contributed by atoms with van der Waals surface area (Å²) in [5, 5.41) is 0. The Morgan fingerprint density at radius 2 is 1.00 bits per heavy atom. The third-order valence-corrected chi connectivity index (χ3v) is 9.84. The zero-order valence-corrected chi connectivity index (χ0v) is 31.1. The minimum absolute atomic E-state index is 0.0451. The van der Waals surface area contributed by atoms with E-state index in [1.54, 1.807) is 0 Å². The summed E-state index contributed by atoms with van der Waals surface area (Å²) in [7, 11) is 27.9. The van der Waals surface area contributed by atoms with Crippen molar-refractivity contribution in [3.63, 3.8) is 0 Å². The minimum Gasteiger partial charge on any atom is -0.329 e. The molecule has 13 nitrogen and oxygen atoms in total. The minimum atomic E-state index is -0.844. The Morgan fingerprint density at radius 3 is 1.34 bits per heavy atom. The quantitative estimate of drug-likeness (QED) is 0.0636. The molecule has 0 amide bonds. The zero-order valence-electron chi connectivity index (χ0n) is 31.1. The van der Waals surface area contributed by atoms with Gasteiger partial charge in [-0.2, -0.15) is 0 Å². The number of rotatable bonds is 24. The highest BCUT2D eigenvalue weighted by molar-refractivity contribution is 5.26. The van der Waals surface area contributed by atoms with Gasteiger partial charge in [0, 0.05) is 81.4 Å². The van der Waals surface area contributed by atoms with E-state index in [0.717, 1.165) is 45.6 Å². The Hall–Kier alpha value is -0.520. The van der Waals surface area contributed by atoms with Gasteiger partial charge >= 0.3 is 0 Å². The molecule has 0 saturated carbocycles. The van der Waals surface area contributed by atoms with Crippen LogP contribution in [0.5, 0.6) is 0 Å². The summed E-state index contributed by atoms with van der Waals surface area (Å²) >= 11 is 0. The van der Waals surface area contributed by atoms with Crippen molar-refractivity contribution in [3.8, 4) is 0 Å². The van der Waals surface area contributed by atoms with Gasteiger partial charge in [-0.05, 0) is 117 Å². The molecular formula is C31H77N13. The second kappa shape index (κ2) is 20.0. The van der Waals surface area contributed by atoms with Crippen LogP contribution >= 0.6 is 0 Å². The Kier molecular flexibility index (Phi) is 19.7. The maximum Gasteiger partial charge on any atom is 0.0630 e. The molecule has 12 N–H and O–H groups in total. The van der Waals surface area contributed by atoms with Crippen LogP contribution < -0.4 is 34.4 Å². The number of nitrogens with zero attached hydrogens (tertiary/aromatic N) is 7. The van der Waals surface area contributed by atoms with Crippen LogP contribution in [0.2, 0.25) is 0 Å². The van der Waals surface area contributed by atoms with E-state index >= 15 is 0 Å². The van der Waals surface area contributed by atoms with Crippen LogP contribution in [0.3, 0.4) is 0 Å². The second-order valence-electron chi connectivity index (χ2n) is 14.6. The van der Waals surface area contributed by atoms with Crippen LogP contribution in [0.1, 0.15) is 12.8 Å². The van der Waals surface area contributed by atoms with Gasteiger partial charge in [0.25, 0.3) is 0 Å². The molecule has 0 aliphatic carbocycles. The van der Waals surface area contributed by atoms with Gasteiger partial charge in [0.2, 0.25) is 0 Å². The summed E-state index contributed by atoms with van der Waals surface area (Å²) in [6.07, 6.45) is 1.71. The first-order chi connectivity index (χ1) is 20.3. The number of nitrogens with two attached hydrogens (primary N) is 6. The number of hydrogen-bond acceptors (Lipinski definition) is 13. The van der Waals surface area contributed by atoms with Gasteiger partial charge in [0.1, 0.15) is 0 Å². The molecule has 7 unspecified atom stereocenters. The van der Waals surface area contributed by atoms with Crippen molar-refractivity contribution >= 4 is 0 Å². The van der Waals surface area contributed by atoms with E-state index in [-0.39, 0.29) is 37.1 Å². The lowest BCUT2D eigenvalue weighted by Gasteiger charge is -2.70. The first-order valence-electron chi connectivity index (χ1n) is 16.3. The number of hydrogen-bond donors (Lipinski definition) is 6. The molecule has 0 heterocycles. The van der Waals surface area contributed by atoms with Gasteiger partial charge in [-0.15, -0.1) is 0 Å². The molecule has 0 aromatic rings. The van der Waals surface area contributed by atoms with Crippen LogP contribution in [0.15, 0.2) is 0 Å². The molecule has 0 saturated heterocycles. The van der Waals surface area contributed by atoms with E-state index in [1.165, 1.54) is 0 Å². The van der Waals surface area contributed by atoms with Crippen molar-refractivity contribution in [2.75, 3.05) is 144 Å². The van der Waals surface area contributed by atoms with Crippen molar-refractivity contribution in [1.29, 1.82) is 0 Å². The highest BCUT2D eigenvalue weighted by Gasteiger charge is 2.69. The largest absolute Gasteiger partial charge is 0.329 e. The van der Waals surface area contributed by atoms with Crippen molar-refractivity contribution in [3.05, 3.63) is 0 Å². The topological polar surface area (TPSA) is 179 Å². The predicted octanol–water partition coefficient (Wildman–Crippen LogP) is -3.00. The molecule has 13 heteroatoms. The smallest absolute Gasteiger partial charge is 0.0630 e. The Balaban J connectivity index is 8.62. The zero-order chi connectivity index (χ0) is 34.6. The molecule has 0 rings (SSSR count). The maximum absolute atomic E-state index is 7.47. The van der Waals surface area contributed by atoms with E-state index in [1.807, 2.05) is 0 Å². The van der Waals surface area contributed by atoms with E-state index in [4.69, 9.17) is 34.4 Å². The molecule has 0 radical (unpaired) electrons. The van der Waals surface area contributed by atoms with Gasteiger partial charge < -0.3 is 63.8 Å². The first kappa shape index (κ1) is 43.5. The third kappa shape index (κ3) is 10.2. The molecule has 0 fully saturated rings. The fourth-order valence-electron chi connectivity index (χ4n) is 8.00. The van der Waals surface area contributed by atoms with Gasteiger partial charge in [-0.1, -0.05) is 0 Å². The molecular weight excluding hydrogens is 554 g/mol. The van der Waals surface area contributed by atoms with Crippen molar-refractivity contribution in [1.82, 2.24) is 34.3 Å². The van der Waals surface area contributed by atoms with Crippen LogP contribution in [0.4, 0.5) is 0 Å². The summed E-state index contributed by atoms with van der Waals surface area (Å²) in [6, 6.07) is -1.48. The third-order valence-electron chi connectivity index (χ3n) is 9.84. The average Bonchev–Trinajstić information content (AvgIpc) is 2.93. The van der Waals surface area contributed by atoms with Crippen LogP contribution in [0.25, 0.3) is 0 Å². The highest BCUT2D eigenvalue weighted by atomic mass is 15.4. The van der Waals surface area contributed by atoms with Crippen molar-refractivity contribution in [2.45, 2.75) is 48.6 Å². The summed E-state index contributed by atoms with van der Waals surface area (Å²) in [5.41, 5.74) is 40.4. The van der Waals surface area contributed by atoms with Crippen LogP contribution in [0, 0.1) is 11.3 Å². The van der Waals surface area contributed by atoms with E-state index < -0.39 is 23.0 Å². The molecule has 0 bridgehead atoms. The summed E-state index contributed by atoms with van der Waals surface area (Å²) in [4.78, 5) is 16.2. The van der Waals surface area contributed by atoms with Crippen molar-refractivity contribution in [2.24, 2.45) is 45.7 Å². The summed E-state index contributed by atoms with van der Waals surface area (Å²) in [6.45, 7) is 4.97. The number of likely N-dealkylation sites (N-methyl/N-ethyl adjacent to an activating group) is 6. The van der Waals surface area contributed by atoms with Crippen LogP contribution in [-0.2, 0) is 0 Å². The standard InChI is InChI=1S/C31H77N13/c1-38(2)16-14-15-24(25(35)19-32)30(26(36)20-33,27(37)21-34)31(43(11)12,28(42(9)10)22-40(5)6)29(23-41(7)8)44(13)18-17-39(3)4/h24-29H,14-23,32-37H2,1-13H3. The van der Waals surface area contributed by atoms with E-state index in [0.29, 0.717) is 6.54 Å². The molecule has 7 atom stereocenters. The Labute approximate surface area is 272 Å². The fraction of sp³-hybridized carbons (Fsp3) is 1.00. The van der Waals surface area contributed by atoms with E-state index in [9.17, 15) is 0 Å². The maximum atomic E-state index is 7.47. The normalized spacial score (nSPS) is 20.0. The SMILES string of the molecule is CN(C)CCCC(C(N)CN)C(C(N)CN)(C(N)CN)C(C(CN(C)C)N(C)C)(C(CN(C)C)N(C)CCN(C)C)N(C)C. The molecule has 0 aliphatic rings. The van der Waals surface area contributed by atoms with Gasteiger partial charge in [0.15, 0.2) is 0 Å². The Bertz CT molecular complexity index is 738. The van der Waals surface area contributed by atoms with Crippen LogP contribution in [-0.4, -0.2) is 214 Å². The highest BCUT2D eigenvalue weighted by Crippen LogP contribution is 2.54. The molecule has 0 aromatic carbocycles.